The van der Waals surface area contributed by atoms with E-state index in [1.54, 1.807) is 13.0 Å². The molecule has 1 aromatic rings. The standard InChI is InChI=1S/C13H17ClN2O3/c1-4-9(13(18)19)16-12(17)8-5-10(7(2)3)15-11(14)6-8/h5-7,9H,4H2,1-3H3,(H,16,17)(H,18,19)/t9-/m0/s1. The van der Waals surface area contributed by atoms with Crippen LogP contribution in [0.2, 0.25) is 5.15 Å². The minimum Gasteiger partial charge on any atom is -0.480 e. The maximum atomic E-state index is 12.0. The van der Waals surface area contributed by atoms with Crippen LogP contribution in [0.15, 0.2) is 12.1 Å². The zero-order valence-corrected chi connectivity index (χ0v) is 11.9. The summed E-state index contributed by atoms with van der Waals surface area (Å²) in [7, 11) is 0. The second-order valence-electron chi connectivity index (χ2n) is 4.53. The Labute approximate surface area is 117 Å². The Morgan fingerprint density at radius 1 is 1.42 bits per heavy atom. The molecule has 0 bridgehead atoms. The fourth-order valence-electron chi connectivity index (χ4n) is 1.52. The number of amides is 1. The third kappa shape index (κ3) is 4.21. The van der Waals surface area contributed by atoms with Crippen LogP contribution in [-0.4, -0.2) is 28.0 Å². The highest BCUT2D eigenvalue weighted by Crippen LogP contribution is 2.17. The number of carboxylic acids is 1. The van der Waals surface area contributed by atoms with Gasteiger partial charge in [0, 0.05) is 11.3 Å². The molecular formula is C13H17ClN2O3. The number of rotatable bonds is 5. The van der Waals surface area contributed by atoms with Gasteiger partial charge in [-0.3, -0.25) is 4.79 Å². The van der Waals surface area contributed by atoms with Crippen molar-refractivity contribution in [3.63, 3.8) is 0 Å². The molecule has 0 aliphatic carbocycles. The highest BCUT2D eigenvalue weighted by atomic mass is 35.5. The smallest absolute Gasteiger partial charge is 0.326 e. The van der Waals surface area contributed by atoms with Gasteiger partial charge in [-0.05, 0) is 24.5 Å². The summed E-state index contributed by atoms with van der Waals surface area (Å²) >= 11 is 5.86. The predicted molar refractivity (Wildman–Crippen MR) is 72.5 cm³/mol. The molecule has 0 aliphatic heterocycles. The van der Waals surface area contributed by atoms with Crippen LogP contribution in [0, 0.1) is 0 Å². The number of pyridine rings is 1. The summed E-state index contributed by atoms with van der Waals surface area (Å²) in [5.41, 5.74) is 1.02. The lowest BCUT2D eigenvalue weighted by molar-refractivity contribution is -0.139. The number of aliphatic carboxylic acids is 1. The number of aromatic nitrogens is 1. The molecule has 0 aromatic carbocycles. The molecule has 0 radical (unpaired) electrons. The van der Waals surface area contributed by atoms with Crippen molar-refractivity contribution in [1.29, 1.82) is 0 Å². The molecule has 19 heavy (non-hydrogen) atoms. The SMILES string of the molecule is CC[C@H](NC(=O)c1cc(Cl)nc(C(C)C)c1)C(=O)O. The number of carbonyl (C=O) groups excluding carboxylic acids is 1. The lowest BCUT2D eigenvalue weighted by atomic mass is 10.1. The van der Waals surface area contributed by atoms with Crippen LogP contribution in [0.1, 0.15) is 49.2 Å². The second kappa shape index (κ2) is 6.52. The van der Waals surface area contributed by atoms with Crippen molar-refractivity contribution in [2.45, 2.75) is 39.2 Å². The first-order valence-electron chi connectivity index (χ1n) is 6.06. The van der Waals surface area contributed by atoms with Crippen molar-refractivity contribution in [3.8, 4) is 0 Å². The molecule has 1 aromatic heterocycles. The van der Waals surface area contributed by atoms with Gasteiger partial charge in [0.05, 0.1) is 0 Å². The molecule has 0 fully saturated rings. The van der Waals surface area contributed by atoms with E-state index in [-0.39, 0.29) is 11.1 Å². The molecule has 1 amide bonds. The number of halogens is 1. The Morgan fingerprint density at radius 2 is 2.05 bits per heavy atom. The van der Waals surface area contributed by atoms with Crippen LogP contribution in [0.5, 0.6) is 0 Å². The van der Waals surface area contributed by atoms with Crippen LogP contribution < -0.4 is 5.32 Å². The van der Waals surface area contributed by atoms with Gasteiger partial charge in [0.15, 0.2) is 0 Å². The van der Waals surface area contributed by atoms with Gasteiger partial charge in [-0.2, -0.15) is 0 Å². The van der Waals surface area contributed by atoms with E-state index in [9.17, 15) is 9.59 Å². The van der Waals surface area contributed by atoms with Crippen molar-refractivity contribution in [2.75, 3.05) is 0 Å². The normalized spacial score (nSPS) is 12.3. The van der Waals surface area contributed by atoms with E-state index in [4.69, 9.17) is 16.7 Å². The van der Waals surface area contributed by atoms with Crippen molar-refractivity contribution in [1.82, 2.24) is 10.3 Å². The van der Waals surface area contributed by atoms with Gasteiger partial charge < -0.3 is 10.4 Å². The largest absolute Gasteiger partial charge is 0.480 e. The summed E-state index contributed by atoms with van der Waals surface area (Å²) in [4.78, 5) is 27.0. The number of hydrogen-bond acceptors (Lipinski definition) is 3. The first kappa shape index (κ1) is 15.4. The minimum absolute atomic E-state index is 0.131. The zero-order chi connectivity index (χ0) is 14.6. The maximum absolute atomic E-state index is 12.0. The van der Waals surface area contributed by atoms with Crippen LogP contribution in [0.3, 0.4) is 0 Å². The van der Waals surface area contributed by atoms with Gasteiger partial charge in [-0.15, -0.1) is 0 Å². The quantitative estimate of drug-likeness (QED) is 0.814. The van der Waals surface area contributed by atoms with Crippen molar-refractivity contribution < 1.29 is 14.7 Å². The third-order valence-corrected chi connectivity index (χ3v) is 2.87. The number of nitrogens with zero attached hydrogens (tertiary/aromatic N) is 1. The van der Waals surface area contributed by atoms with Crippen LogP contribution in [0.4, 0.5) is 0 Å². The number of carbonyl (C=O) groups is 2. The van der Waals surface area contributed by atoms with E-state index in [1.165, 1.54) is 6.07 Å². The van der Waals surface area contributed by atoms with Crippen LogP contribution >= 0.6 is 11.6 Å². The van der Waals surface area contributed by atoms with Crippen molar-refractivity contribution in [3.05, 3.63) is 28.5 Å². The van der Waals surface area contributed by atoms with E-state index in [2.05, 4.69) is 10.3 Å². The number of nitrogens with one attached hydrogen (secondary N) is 1. The molecule has 6 heteroatoms. The van der Waals surface area contributed by atoms with E-state index >= 15 is 0 Å². The highest BCUT2D eigenvalue weighted by Gasteiger charge is 2.19. The summed E-state index contributed by atoms with van der Waals surface area (Å²) in [6, 6.07) is 2.15. The molecule has 1 rings (SSSR count). The molecule has 0 saturated carbocycles. The van der Waals surface area contributed by atoms with E-state index in [0.717, 1.165) is 0 Å². The van der Waals surface area contributed by atoms with E-state index in [0.29, 0.717) is 17.7 Å². The summed E-state index contributed by atoms with van der Waals surface area (Å²) in [6.07, 6.45) is 0.316. The minimum atomic E-state index is -1.06. The number of hydrogen-bond donors (Lipinski definition) is 2. The monoisotopic (exact) mass is 284 g/mol. The highest BCUT2D eigenvalue weighted by molar-refractivity contribution is 6.29. The molecule has 0 spiro atoms. The molecule has 104 valence electrons. The van der Waals surface area contributed by atoms with Gasteiger partial charge in [0.25, 0.3) is 5.91 Å². The Bertz CT molecular complexity index is 489. The Balaban J connectivity index is 2.96. The molecule has 0 aliphatic rings. The Hall–Kier alpha value is -1.62. The molecule has 0 unspecified atom stereocenters. The summed E-state index contributed by atoms with van der Waals surface area (Å²) in [6.45, 7) is 5.57. The second-order valence-corrected chi connectivity index (χ2v) is 4.92. The van der Waals surface area contributed by atoms with Crippen LogP contribution in [-0.2, 0) is 4.79 Å². The van der Waals surface area contributed by atoms with Crippen molar-refractivity contribution >= 4 is 23.5 Å². The predicted octanol–water partition coefficient (Wildman–Crippen LogP) is 2.45. The average molecular weight is 285 g/mol. The molecule has 1 heterocycles. The van der Waals surface area contributed by atoms with Gasteiger partial charge in [-0.1, -0.05) is 32.4 Å². The molecule has 2 N–H and O–H groups in total. The first-order chi connectivity index (χ1) is 8.85. The Morgan fingerprint density at radius 3 is 2.53 bits per heavy atom. The average Bonchev–Trinajstić information content (AvgIpc) is 2.34. The van der Waals surface area contributed by atoms with E-state index in [1.807, 2.05) is 13.8 Å². The first-order valence-corrected chi connectivity index (χ1v) is 6.44. The number of carboxylic acid groups (broad SMARTS) is 1. The van der Waals surface area contributed by atoms with Gasteiger partial charge in [-0.25, -0.2) is 9.78 Å². The summed E-state index contributed by atoms with van der Waals surface area (Å²) in [5, 5.41) is 11.6. The van der Waals surface area contributed by atoms with Crippen LogP contribution in [0.25, 0.3) is 0 Å². The topological polar surface area (TPSA) is 79.3 Å². The fourth-order valence-corrected chi connectivity index (χ4v) is 1.74. The summed E-state index contributed by atoms with van der Waals surface area (Å²) in [5.74, 6) is -1.38. The Kier molecular flexibility index (Phi) is 5.30. The molecule has 5 nitrogen and oxygen atoms in total. The van der Waals surface area contributed by atoms with E-state index < -0.39 is 17.9 Å². The lowest BCUT2D eigenvalue weighted by Gasteiger charge is -2.13. The fraction of sp³-hybridized carbons (Fsp3) is 0.462. The molecule has 1 atom stereocenters. The van der Waals surface area contributed by atoms with Gasteiger partial charge >= 0.3 is 5.97 Å². The van der Waals surface area contributed by atoms with Gasteiger partial charge in [0.2, 0.25) is 0 Å². The lowest BCUT2D eigenvalue weighted by Crippen LogP contribution is -2.40. The zero-order valence-electron chi connectivity index (χ0n) is 11.1. The third-order valence-electron chi connectivity index (χ3n) is 2.68. The van der Waals surface area contributed by atoms with Crippen molar-refractivity contribution in [2.24, 2.45) is 0 Å². The molecular weight excluding hydrogens is 268 g/mol. The summed E-state index contributed by atoms with van der Waals surface area (Å²) < 4.78 is 0. The van der Waals surface area contributed by atoms with Gasteiger partial charge in [0.1, 0.15) is 11.2 Å². The molecule has 0 saturated heterocycles. The maximum Gasteiger partial charge on any atom is 0.326 e.